The molecule has 1 aromatic carbocycles. The summed E-state index contributed by atoms with van der Waals surface area (Å²) < 4.78 is 52.2. The molecule has 0 N–H and O–H groups in total. The Morgan fingerprint density at radius 1 is 1.26 bits per heavy atom. The Morgan fingerprint density at radius 3 is 2.50 bits per heavy atom. The highest BCUT2D eigenvalue weighted by Gasteiger charge is 2.36. The van der Waals surface area contributed by atoms with Crippen molar-refractivity contribution in [2.24, 2.45) is 5.92 Å². The monoisotopic (exact) mass is 484 g/mol. The number of carbonyl (C=O) groups is 2. The van der Waals surface area contributed by atoms with E-state index >= 15 is 0 Å². The third kappa shape index (κ3) is 7.75. The predicted octanol–water partition coefficient (Wildman–Crippen LogP) is 5.60. The Balaban J connectivity index is 2.22. The Morgan fingerprint density at radius 2 is 1.94 bits per heavy atom. The molecule has 190 valence electrons. The van der Waals surface area contributed by atoms with E-state index in [0.29, 0.717) is 19.6 Å². The van der Waals surface area contributed by atoms with Gasteiger partial charge in [-0.1, -0.05) is 12.7 Å². The molecule has 0 spiro atoms. The second kappa shape index (κ2) is 11.3. The zero-order valence-electron chi connectivity index (χ0n) is 20.6. The lowest BCUT2D eigenvalue weighted by atomic mass is 9.93. The molecule has 1 atom stereocenters. The minimum Gasteiger partial charge on any atom is -0.462 e. The number of likely N-dealkylation sites (tertiary alicyclic amines) is 1. The summed E-state index contributed by atoms with van der Waals surface area (Å²) >= 11 is 0. The van der Waals surface area contributed by atoms with Gasteiger partial charge in [-0.05, 0) is 76.3 Å². The summed E-state index contributed by atoms with van der Waals surface area (Å²) in [5, 5.41) is 0. The Bertz CT molecular complexity index is 893. The molecule has 0 aromatic heterocycles. The van der Waals surface area contributed by atoms with Crippen LogP contribution in [0.3, 0.4) is 0 Å². The number of amides is 1. The van der Waals surface area contributed by atoms with Crippen molar-refractivity contribution in [2.45, 2.75) is 58.9 Å². The summed E-state index contributed by atoms with van der Waals surface area (Å²) in [5.74, 6) is -0.697. The van der Waals surface area contributed by atoms with Crippen LogP contribution in [0.5, 0.6) is 0 Å². The molecule has 1 fully saturated rings. The number of alkyl halides is 3. The maximum atomic E-state index is 14.0. The minimum atomic E-state index is -4.64. The third-order valence-corrected chi connectivity index (χ3v) is 5.54. The predicted molar refractivity (Wildman–Crippen MR) is 124 cm³/mol. The largest absolute Gasteiger partial charge is 0.462 e. The number of hydrogen-bond acceptors (Lipinski definition) is 5. The van der Waals surface area contributed by atoms with Gasteiger partial charge in [0.25, 0.3) is 0 Å². The van der Waals surface area contributed by atoms with Crippen LogP contribution < -0.4 is 0 Å². The molecule has 0 aliphatic carbocycles. The molecule has 1 amide bonds. The molecule has 34 heavy (non-hydrogen) atoms. The second-order valence-electron chi connectivity index (χ2n) is 9.62. The van der Waals surface area contributed by atoms with Crippen LogP contribution in [-0.4, -0.2) is 60.8 Å². The lowest BCUT2D eigenvalue weighted by molar-refractivity contribution is -0.138. The summed E-state index contributed by atoms with van der Waals surface area (Å²) in [6.45, 7) is 12.4. The molecular weight excluding hydrogens is 449 g/mol. The van der Waals surface area contributed by atoms with E-state index in [-0.39, 0.29) is 35.8 Å². The van der Waals surface area contributed by atoms with Crippen molar-refractivity contribution >= 4 is 18.1 Å². The summed E-state index contributed by atoms with van der Waals surface area (Å²) in [5.41, 5.74) is -1.28. The number of rotatable bonds is 7. The summed E-state index contributed by atoms with van der Waals surface area (Å²) in [7, 11) is 1.67. The van der Waals surface area contributed by atoms with Crippen LogP contribution in [0.15, 0.2) is 18.7 Å². The van der Waals surface area contributed by atoms with Gasteiger partial charge in [-0.15, -0.1) is 0 Å². The van der Waals surface area contributed by atoms with Gasteiger partial charge < -0.3 is 14.4 Å². The molecule has 0 radical (unpaired) electrons. The van der Waals surface area contributed by atoms with Gasteiger partial charge in [0, 0.05) is 26.7 Å². The highest BCUT2D eigenvalue weighted by Crippen LogP contribution is 2.36. The Kier molecular flexibility index (Phi) is 9.16. The van der Waals surface area contributed by atoms with Crippen molar-refractivity contribution in [1.82, 2.24) is 9.80 Å². The number of hydrogen-bond donors (Lipinski definition) is 0. The quantitative estimate of drug-likeness (QED) is 0.471. The van der Waals surface area contributed by atoms with Gasteiger partial charge in [-0.2, -0.15) is 13.2 Å². The van der Waals surface area contributed by atoms with Crippen LogP contribution in [0.25, 0.3) is 6.08 Å². The number of ether oxygens (including phenoxy) is 2. The van der Waals surface area contributed by atoms with Crippen molar-refractivity contribution in [3.63, 3.8) is 0 Å². The summed E-state index contributed by atoms with van der Waals surface area (Å²) in [4.78, 5) is 27.9. The molecule has 0 saturated carbocycles. The number of benzene rings is 1. The van der Waals surface area contributed by atoms with Gasteiger partial charge >= 0.3 is 18.2 Å². The second-order valence-corrected chi connectivity index (χ2v) is 9.62. The molecule has 0 bridgehead atoms. The van der Waals surface area contributed by atoms with E-state index in [4.69, 9.17) is 9.47 Å². The van der Waals surface area contributed by atoms with Gasteiger partial charge in [0.15, 0.2) is 0 Å². The van der Waals surface area contributed by atoms with Crippen LogP contribution in [0.4, 0.5) is 18.0 Å². The fourth-order valence-corrected chi connectivity index (χ4v) is 4.11. The van der Waals surface area contributed by atoms with E-state index in [9.17, 15) is 22.8 Å². The summed E-state index contributed by atoms with van der Waals surface area (Å²) in [6, 6.07) is 2.26. The molecular formula is C25H35F3N2O4. The van der Waals surface area contributed by atoms with Crippen molar-refractivity contribution in [1.29, 1.82) is 0 Å². The van der Waals surface area contributed by atoms with Gasteiger partial charge in [0.2, 0.25) is 0 Å². The van der Waals surface area contributed by atoms with Gasteiger partial charge in [0.1, 0.15) is 5.60 Å². The van der Waals surface area contributed by atoms with Crippen LogP contribution in [0.2, 0.25) is 0 Å². The highest BCUT2D eigenvalue weighted by molar-refractivity contribution is 5.90. The smallest absolute Gasteiger partial charge is 0.416 e. The number of carbonyl (C=O) groups excluding carboxylic acids is 2. The fraction of sp³-hybridized carbons (Fsp3) is 0.600. The third-order valence-electron chi connectivity index (χ3n) is 5.54. The Labute approximate surface area is 199 Å². The van der Waals surface area contributed by atoms with Crippen molar-refractivity contribution in [3.8, 4) is 0 Å². The topological polar surface area (TPSA) is 59.1 Å². The number of piperidine rings is 1. The van der Waals surface area contributed by atoms with E-state index in [2.05, 4.69) is 6.58 Å². The molecule has 1 unspecified atom stereocenters. The number of halogens is 3. The van der Waals surface area contributed by atoms with Crippen LogP contribution in [0.1, 0.15) is 67.6 Å². The number of nitrogens with zero attached hydrogens (tertiary/aromatic N) is 2. The maximum Gasteiger partial charge on any atom is 0.416 e. The first-order valence-electron chi connectivity index (χ1n) is 11.4. The van der Waals surface area contributed by atoms with Crippen LogP contribution in [-0.2, 0) is 22.2 Å². The van der Waals surface area contributed by atoms with Crippen molar-refractivity contribution < 1.29 is 32.2 Å². The van der Waals surface area contributed by atoms with E-state index in [1.54, 1.807) is 34.7 Å². The molecule has 1 saturated heterocycles. The van der Waals surface area contributed by atoms with E-state index in [0.717, 1.165) is 18.9 Å². The number of esters is 1. The Hall–Kier alpha value is -2.55. The fourth-order valence-electron chi connectivity index (χ4n) is 4.11. The molecule has 6 nitrogen and oxygen atoms in total. The first-order valence-corrected chi connectivity index (χ1v) is 11.4. The lowest BCUT2D eigenvalue weighted by Crippen LogP contribution is -2.43. The standard InChI is InChI=1S/C25H35F3N2O4/c1-7-18-12-19(22(31)33-8-2)13-21(25(26,27)28)20(18)16-30-11-9-10-17(15-30)14-29(6)23(32)34-24(3,4)5/h7,12-13,17H,1,8-11,14-16H2,2-6H3. The molecule has 1 aliphatic rings. The van der Waals surface area contributed by atoms with E-state index in [1.165, 1.54) is 17.0 Å². The van der Waals surface area contributed by atoms with Crippen LogP contribution >= 0.6 is 0 Å². The zero-order valence-corrected chi connectivity index (χ0v) is 20.6. The lowest BCUT2D eigenvalue weighted by Gasteiger charge is -2.35. The normalized spacial score (nSPS) is 17.2. The first-order chi connectivity index (χ1) is 15.7. The molecule has 9 heteroatoms. The molecule has 1 aliphatic heterocycles. The minimum absolute atomic E-state index is 0.0615. The average molecular weight is 485 g/mol. The maximum absolute atomic E-state index is 14.0. The molecule has 1 aromatic rings. The van der Waals surface area contributed by atoms with Gasteiger partial charge in [-0.25, -0.2) is 9.59 Å². The van der Waals surface area contributed by atoms with Crippen molar-refractivity contribution in [3.05, 3.63) is 41.0 Å². The van der Waals surface area contributed by atoms with E-state index in [1.807, 2.05) is 4.90 Å². The highest BCUT2D eigenvalue weighted by atomic mass is 19.4. The van der Waals surface area contributed by atoms with Gasteiger partial charge in [0.05, 0.1) is 17.7 Å². The van der Waals surface area contributed by atoms with Crippen molar-refractivity contribution in [2.75, 3.05) is 33.3 Å². The summed E-state index contributed by atoms with van der Waals surface area (Å²) in [6.07, 6.45) is -2.05. The molecule has 2 rings (SSSR count). The van der Waals surface area contributed by atoms with E-state index < -0.39 is 29.4 Å². The zero-order chi connectivity index (χ0) is 25.7. The van der Waals surface area contributed by atoms with Gasteiger partial charge in [-0.3, -0.25) is 4.90 Å². The SMILES string of the molecule is C=Cc1cc(C(=O)OCC)cc(C(F)(F)F)c1CN1CCCC(CN(C)C(=O)OC(C)(C)C)C1. The van der Waals surface area contributed by atoms with Crippen LogP contribution in [0, 0.1) is 5.92 Å². The molecule has 1 heterocycles. The first kappa shape index (κ1) is 27.7. The average Bonchev–Trinajstić information content (AvgIpc) is 2.72.